The lowest BCUT2D eigenvalue weighted by Crippen LogP contribution is -2.35. The number of rotatable bonds is 0. The Balaban J connectivity index is 0.000000461. The van der Waals surface area contributed by atoms with E-state index in [2.05, 4.69) is 0 Å². The Labute approximate surface area is 84.3 Å². The van der Waals surface area contributed by atoms with Crippen molar-refractivity contribution in [3.63, 3.8) is 0 Å². The summed E-state index contributed by atoms with van der Waals surface area (Å²) in [5, 5.41) is 0. The molecule has 0 unspecified atom stereocenters. The first-order valence-corrected chi connectivity index (χ1v) is 4.77. The monoisotopic (exact) mass is 193 g/mol. The molecule has 0 radical (unpaired) electrons. The van der Waals surface area contributed by atoms with Gasteiger partial charge in [-0.3, -0.25) is 4.79 Å². The molecule has 0 aliphatic carbocycles. The Morgan fingerprint density at radius 1 is 1.29 bits per heavy atom. The van der Waals surface area contributed by atoms with Gasteiger partial charge < -0.3 is 9.64 Å². The smallest absolute Gasteiger partial charge is 0.264 e. The fraction of sp³-hybridized carbons (Fsp3) is 0.364. The van der Waals surface area contributed by atoms with Crippen LogP contribution in [0, 0.1) is 0 Å². The molecule has 14 heavy (non-hydrogen) atoms. The first kappa shape index (κ1) is 10.6. The van der Waals surface area contributed by atoms with E-state index in [0.29, 0.717) is 0 Å². The molecule has 0 N–H and O–H groups in total. The Hall–Kier alpha value is -1.51. The molecule has 0 bridgehead atoms. The molecule has 2 rings (SSSR count). The summed E-state index contributed by atoms with van der Waals surface area (Å²) in [6, 6.07) is 7.50. The number of amides is 1. The second kappa shape index (κ2) is 4.65. The third kappa shape index (κ3) is 1.87. The highest BCUT2D eigenvalue weighted by atomic mass is 16.5. The third-order valence-corrected chi connectivity index (χ3v) is 1.95. The average Bonchev–Trinajstić information content (AvgIpc) is 2.27. The van der Waals surface area contributed by atoms with Gasteiger partial charge in [0.1, 0.15) is 5.75 Å². The summed E-state index contributed by atoms with van der Waals surface area (Å²) in [6.07, 6.45) is 0. The molecular formula is C11H15NO2. The van der Waals surface area contributed by atoms with Crippen molar-refractivity contribution in [2.24, 2.45) is 0 Å². The third-order valence-electron chi connectivity index (χ3n) is 1.95. The van der Waals surface area contributed by atoms with E-state index in [-0.39, 0.29) is 12.5 Å². The van der Waals surface area contributed by atoms with E-state index >= 15 is 0 Å². The molecule has 0 saturated heterocycles. The molecule has 3 nitrogen and oxygen atoms in total. The lowest BCUT2D eigenvalue weighted by Gasteiger charge is -2.25. The van der Waals surface area contributed by atoms with E-state index in [1.54, 1.807) is 11.9 Å². The number of anilines is 1. The fourth-order valence-electron chi connectivity index (χ4n) is 1.23. The molecule has 1 amide bonds. The molecule has 1 heterocycles. The number of nitrogens with zero attached hydrogens (tertiary/aromatic N) is 1. The van der Waals surface area contributed by atoms with Gasteiger partial charge in [0.15, 0.2) is 6.61 Å². The van der Waals surface area contributed by atoms with Crippen LogP contribution in [0.3, 0.4) is 0 Å². The summed E-state index contributed by atoms with van der Waals surface area (Å²) in [6.45, 7) is 4.15. The van der Waals surface area contributed by atoms with Gasteiger partial charge in [-0.1, -0.05) is 26.0 Å². The van der Waals surface area contributed by atoms with Crippen molar-refractivity contribution in [2.75, 3.05) is 18.6 Å². The van der Waals surface area contributed by atoms with Crippen molar-refractivity contribution in [2.45, 2.75) is 13.8 Å². The quantitative estimate of drug-likeness (QED) is 0.631. The van der Waals surface area contributed by atoms with E-state index in [4.69, 9.17) is 4.74 Å². The van der Waals surface area contributed by atoms with Gasteiger partial charge in [0.2, 0.25) is 0 Å². The summed E-state index contributed by atoms with van der Waals surface area (Å²) in [5.41, 5.74) is 0.841. The number of benzene rings is 1. The minimum absolute atomic E-state index is 0.00583. The number of hydrogen-bond acceptors (Lipinski definition) is 2. The summed E-state index contributed by atoms with van der Waals surface area (Å²) in [5.74, 6) is 0.772. The highest BCUT2D eigenvalue weighted by molar-refractivity contribution is 5.97. The van der Waals surface area contributed by atoms with Crippen molar-refractivity contribution < 1.29 is 9.53 Å². The zero-order chi connectivity index (χ0) is 10.6. The minimum atomic E-state index is -0.00583. The maximum absolute atomic E-state index is 11.2. The minimum Gasteiger partial charge on any atom is -0.482 e. The number of likely N-dealkylation sites (N-methyl/N-ethyl adjacent to an activating group) is 1. The van der Waals surface area contributed by atoms with Crippen LogP contribution in [0.5, 0.6) is 5.75 Å². The molecule has 0 saturated carbocycles. The molecule has 1 aliphatic heterocycles. The van der Waals surface area contributed by atoms with Gasteiger partial charge in [0.05, 0.1) is 5.69 Å². The summed E-state index contributed by atoms with van der Waals surface area (Å²) >= 11 is 0. The second-order valence-electron chi connectivity index (χ2n) is 2.71. The van der Waals surface area contributed by atoms with Gasteiger partial charge in [-0.05, 0) is 12.1 Å². The number of ether oxygens (including phenoxy) is 1. The van der Waals surface area contributed by atoms with Gasteiger partial charge >= 0.3 is 0 Å². The van der Waals surface area contributed by atoms with Crippen LogP contribution in [0.25, 0.3) is 0 Å². The van der Waals surface area contributed by atoms with Crippen LogP contribution in [0.4, 0.5) is 5.69 Å². The lowest BCUT2D eigenvalue weighted by molar-refractivity contribution is -0.120. The normalized spacial score (nSPS) is 13.6. The largest absolute Gasteiger partial charge is 0.482 e. The van der Waals surface area contributed by atoms with E-state index in [1.807, 2.05) is 38.1 Å². The molecular weight excluding hydrogens is 178 g/mol. The Kier molecular flexibility index (Phi) is 3.51. The van der Waals surface area contributed by atoms with Gasteiger partial charge in [-0.15, -0.1) is 0 Å². The van der Waals surface area contributed by atoms with Crippen molar-refractivity contribution in [3.8, 4) is 5.75 Å². The molecule has 0 aromatic heterocycles. The van der Waals surface area contributed by atoms with Crippen LogP contribution >= 0.6 is 0 Å². The zero-order valence-corrected chi connectivity index (χ0v) is 8.78. The van der Waals surface area contributed by atoms with Crippen LogP contribution in [-0.4, -0.2) is 19.6 Å². The Bertz CT molecular complexity index is 323. The number of hydrogen-bond donors (Lipinski definition) is 0. The molecule has 1 aromatic rings. The molecule has 0 atom stereocenters. The topological polar surface area (TPSA) is 29.5 Å². The van der Waals surface area contributed by atoms with Crippen molar-refractivity contribution >= 4 is 11.6 Å². The molecule has 3 heteroatoms. The van der Waals surface area contributed by atoms with Crippen molar-refractivity contribution in [1.29, 1.82) is 0 Å². The molecule has 76 valence electrons. The lowest BCUT2D eigenvalue weighted by atomic mass is 10.2. The van der Waals surface area contributed by atoms with E-state index in [0.717, 1.165) is 11.4 Å². The van der Waals surface area contributed by atoms with E-state index in [9.17, 15) is 4.79 Å². The van der Waals surface area contributed by atoms with E-state index in [1.165, 1.54) is 0 Å². The molecule has 0 spiro atoms. The Morgan fingerprint density at radius 2 is 1.93 bits per heavy atom. The fourth-order valence-corrected chi connectivity index (χ4v) is 1.23. The maximum Gasteiger partial charge on any atom is 0.264 e. The first-order chi connectivity index (χ1) is 6.79. The number of carbonyl (C=O) groups is 1. The zero-order valence-electron chi connectivity index (χ0n) is 8.78. The first-order valence-electron chi connectivity index (χ1n) is 4.77. The predicted octanol–water partition coefficient (Wildman–Crippen LogP) is 2.07. The van der Waals surface area contributed by atoms with Gasteiger partial charge in [0.25, 0.3) is 5.91 Å². The standard InChI is InChI=1S/C9H9NO2.C2H6/c1-10-7-4-2-3-5-8(7)12-6-9(10)11;1-2/h2-5H,6H2,1H3;1-2H3. The molecule has 1 aromatic carbocycles. The maximum atomic E-state index is 11.2. The summed E-state index contributed by atoms with van der Waals surface area (Å²) < 4.78 is 5.21. The molecule has 1 aliphatic rings. The van der Waals surface area contributed by atoms with Crippen LogP contribution < -0.4 is 9.64 Å². The average molecular weight is 193 g/mol. The van der Waals surface area contributed by atoms with Crippen LogP contribution in [0.15, 0.2) is 24.3 Å². The number of fused-ring (bicyclic) bond motifs is 1. The van der Waals surface area contributed by atoms with Crippen LogP contribution in [0.1, 0.15) is 13.8 Å². The van der Waals surface area contributed by atoms with Gasteiger partial charge in [0, 0.05) is 7.05 Å². The van der Waals surface area contributed by atoms with E-state index < -0.39 is 0 Å². The van der Waals surface area contributed by atoms with Crippen LogP contribution in [0.2, 0.25) is 0 Å². The van der Waals surface area contributed by atoms with Crippen molar-refractivity contribution in [1.82, 2.24) is 0 Å². The summed E-state index contributed by atoms with van der Waals surface area (Å²) in [7, 11) is 1.75. The highest BCUT2D eigenvalue weighted by Crippen LogP contribution is 2.29. The number of para-hydroxylation sites is 2. The van der Waals surface area contributed by atoms with Gasteiger partial charge in [-0.25, -0.2) is 0 Å². The summed E-state index contributed by atoms with van der Waals surface area (Å²) in [4.78, 5) is 12.8. The van der Waals surface area contributed by atoms with Gasteiger partial charge in [-0.2, -0.15) is 0 Å². The van der Waals surface area contributed by atoms with Crippen molar-refractivity contribution in [3.05, 3.63) is 24.3 Å². The highest BCUT2D eigenvalue weighted by Gasteiger charge is 2.20. The Morgan fingerprint density at radius 3 is 2.64 bits per heavy atom. The predicted molar refractivity (Wildman–Crippen MR) is 56.7 cm³/mol. The molecule has 0 fully saturated rings. The second-order valence-corrected chi connectivity index (χ2v) is 2.71. The van der Waals surface area contributed by atoms with Crippen LogP contribution in [-0.2, 0) is 4.79 Å². The SMILES string of the molecule is CC.CN1C(=O)COc2ccccc21. The number of carbonyl (C=O) groups excluding carboxylic acids is 1.